The lowest BCUT2D eigenvalue weighted by Gasteiger charge is -2.14. The average Bonchev–Trinajstić information content (AvgIpc) is 3.39. The minimum absolute atomic E-state index is 0.188. The van der Waals surface area contributed by atoms with E-state index in [0.717, 1.165) is 0 Å². The standard InChI is InChI=1S/C22H19FN4O6/c1-14(28)24-11-18-13-26(22(29)33-18)16-2-4-19(20(23)10-16)15-6-8-25(9-7-15)12-17-3-5-21(32-17)27(30)31/h2-10,18H,11-13H2,1H3/p+1. The normalized spacial score (nSPS) is 15.4. The lowest BCUT2D eigenvalue weighted by molar-refractivity contribution is -0.690. The molecular weight excluding hydrogens is 435 g/mol. The fourth-order valence-corrected chi connectivity index (χ4v) is 3.47. The van der Waals surface area contributed by atoms with E-state index in [1.807, 2.05) is 0 Å². The summed E-state index contributed by atoms with van der Waals surface area (Å²) in [4.78, 5) is 34.6. The Morgan fingerprint density at radius 1 is 1.27 bits per heavy atom. The zero-order chi connectivity index (χ0) is 23.5. The molecule has 10 nitrogen and oxygen atoms in total. The number of benzene rings is 1. The molecule has 0 spiro atoms. The van der Waals surface area contributed by atoms with Crippen LogP contribution in [0, 0.1) is 15.9 Å². The maximum Gasteiger partial charge on any atom is 0.433 e. The Hall–Kier alpha value is -4.28. The first-order valence-corrected chi connectivity index (χ1v) is 10.0. The number of anilines is 1. The van der Waals surface area contributed by atoms with Gasteiger partial charge in [0.15, 0.2) is 18.2 Å². The van der Waals surface area contributed by atoms with Gasteiger partial charge in [0.1, 0.15) is 16.8 Å². The number of aromatic nitrogens is 1. The van der Waals surface area contributed by atoms with Crippen LogP contribution in [0.15, 0.2) is 59.3 Å². The molecule has 0 saturated carbocycles. The average molecular weight is 455 g/mol. The number of nitrogens with one attached hydrogen (secondary N) is 1. The number of cyclic esters (lactones) is 1. The number of rotatable bonds is 7. The van der Waals surface area contributed by atoms with Gasteiger partial charge >= 0.3 is 12.0 Å². The molecule has 0 radical (unpaired) electrons. The molecule has 3 aromatic rings. The SMILES string of the molecule is CC(=O)NCC1CN(c2ccc(-c3cc[n+](Cc4ccc([N+](=O)[O-])o4)cc3)c(F)c2)C(=O)O1. The van der Waals surface area contributed by atoms with Gasteiger partial charge in [0.2, 0.25) is 12.5 Å². The van der Waals surface area contributed by atoms with Gasteiger partial charge in [-0.1, -0.05) is 0 Å². The molecule has 1 aromatic carbocycles. The van der Waals surface area contributed by atoms with Crippen LogP contribution in [0.25, 0.3) is 11.1 Å². The maximum absolute atomic E-state index is 14.9. The summed E-state index contributed by atoms with van der Waals surface area (Å²) in [5, 5.41) is 13.3. The zero-order valence-electron chi connectivity index (χ0n) is 17.6. The summed E-state index contributed by atoms with van der Waals surface area (Å²) in [5.41, 5.74) is 1.33. The highest BCUT2D eigenvalue weighted by molar-refractivity contribution is 5.90. The van der Waals surface area contributed by atoms with Crippen molar-refractivity contribution >= 4 is 23.6 Å². The third-order valence-electron chi connectivity index (χ3n) is 5.09. The first-order valence-electron chi connectivity index (χ1n) is 10.0. The highest BCUT2D eigenvalue weighted by Crippen LogP contribution is 2.28. The summed E-state index contributed by atoms with van der Waals surface area (Å²) in [5.74, 6) is -0.642. The third-order valence-corrected chi connectivity index (χ3v) is 5.09. The van der Waals surface area contributed by atoms with Gasteiger partial charge in [0, 0.05) is 24.6 Å². The number of furan rings is 1. The monoisotopic (exact) mass is 455 g/mol. The Bertz CT molecular complexity index is 1210. The van der Waals surface area contributed by atoms with Crippen molar-refractivity contribution in [3.63, 3.8) is 0 Å². The molecule has 1 atom stereocenters. The molecule has 1 aliphatic rings. The minimum Gasteiger partial charge on any atom is -0.442 e. The molecule has 11 heteroatoms. The van der Waals surface area contributed by atoms with Crippen LogP contribution in [0.3, 0.4) is 0 Å². The molecule has 2 amide bonds. The molecular formula is C22H20FN4O6+. The Balaban J connectivity index is 1.45. The van der Waals surface area contributed by atoms with E-state index in [9.17, 15) is 24.1 Å². The van der Waals surface area contributed by atoms with E-state index in [4.69, 9.17) is 9.15 Å². The van der Waals surface area contributed by atoms with Crippen LogP contribution in [0.2, 0.25) is 0 Å². The van der Waals surface area contributed by atoms with Crippen molar-refractivity contribution in [2.75, 3.05) is 18.0 Å². The van der Waals surface area contributed by atoms with Crippen molar-refractivity contribution < 1.29 is 32.6 Å². The van der Waals surface area contributed by atoms with E-state index in [-0.39, 0.29) is 31.4 Å². The number of carbonyl (C=O) groups is 2. The number of hydrogen-bond acceptors (Lipinski definition) is 6. The lowest BCUT2D eigenvalue weighted by atomic mass is 10.1. The van der Waals surface area contributed by atoms with E-state index in [1.165, 1.54) is 30.0 Å². The number of carbonyl (C=O) groups excluding carboxylic acids is 2. The van der Waals surface area contributed by atoms with Gasteiger partial charge in [0.25, 0.3) is 0 Å². The number of ether oxygens (including phenoxy) is 1. The molecule has 1 fully saturated rings. The molecule has 3 heterocycles. The number of hydrogen-bond donors (Lipinski definition) is 1. The topological polar surface area (TPSA) is 119 Å². The van der Waals surface area contributed by atoms with Gasteiger partial charge in [-0.25, -0.2) is 9.18 Å². The molecule has 4 rings (SSSR count). The minimum atomic E-state index is -0.602. The van der Waals surface area contributed by atoms with Gasteiger partial charge in [-0.05, 0) is 29.8 Å². The van der Waals surface area contributed by atoms with Crippen molar-refractivity contribution in [3.05, 3.63) is 76.6 Å². The highest BCUT2D eigenvalue weighted by atomic mass is 19.1. The summed E-state index contributed by atoms with van der Waals surface area (Å²) < 4.78 is 27.0. The summed E-state index contributed by atoms with van der Waals surface area (Å²) in [6, 6.07) is 10.7. The van der Waals surface area contributed by atoms with Gasteiger partial charge in [-0.3, -0.25) is 19.8 Å². The molecule has 1 aliphatic heterocycles. The fourth-order valence-electron chi connectivity index (χ4n) is 3.47. The second-order valence-electron chi connectivity index (χ2n) is 7.47. The second-order valence-corrected chi connectivity index (χ2v) is 7.47. The van der Waals surface area contributed by atoms with Crippen molar-refractivity contribution in [1.82, 2.24) is 5.32 Å². The first kappa shape index (κ1) is 21.9. The van der Waals surface area contributed by atoms with Crippen LogP contribution in [-0.4, -0.2) is 36.1 Å². The van der Waals surface area contributed by atoms with Crippen LogP contribution in [0.5, 0.6) is 0 Å². The molecule has 33 heavy (non-hydrogen) atoms. The fraction of sp³-hybridized carbons (Fsp3) is 0.227. The first-order chi connectivity index (χ1) is 15.8. The van der Waals surface area contributed by atoms with Crippen molar-refractivity contribution in [2.45, 2.75) is 19.6 Å². The van der Waals surface area contributed by atoms with Crippen molar-refractivity contribution in [3.8, 4) is 11.1 Å². The zero-order valence-corrected chi connectivity index (χ0v) is 17.6. The molecule has 0 aliphatic carbocycles. The molecule has 0 bridgehead atoms. The maximum atomic E-state index is 14.9. The molecule has 1 N–H and O–H groups in total. The van der Waals surface area contributed by atoms with Crippen LogP contribution in [0.4, 0.5) is 20.8 Å². The van der Waals surface area contributed by atoms with Crippen LogP contribution in [-0.2, 0) is 16.1 Å². The summed E-state index contributed by atoms with van der Waals surface area (Å²) >= 11 is 0. The van der Waals surface area contributed by atoms with E-state index in [2.05, 4.69) is 5.32 Å². The van der Waals surface area contributed by atoms with E-state index >= 15 is 0 Å². The summed E-state index contributed by atoms with van der Waals surface area (Å²) in [6.45, 7) is 2.05. The Morgan fingerprint density at radius 3 is 2.67 bits per heavy atom. The smallest absolute Gasteiger partial charge is 0.433 e. The Labute approximate surface area is 187 Å². The second kappa shape index (κ2) is 9.07. The predicted molar refractivity (Wildman–Crippen MR) is 113 cm³/mol. The number of amides is 2. The number of nitro groups is 1. The largest absolute Gasteiger partial charge is 0.442 e. The lowest BCUT2D eigenvalue weighted by Crippen LogP contribution is -2.33. The van der Waals surface area contributed by atoms with Crippen molar-refractivity contribution in [2.24, 2.45) is 0 Å². The Kier molecular flexibility index (Phi) is 6.03. The van der Waals surface area contributed by atoms with E-state index in [1.54, 1.807) is 41.2 Å². The van der Waals surface area contributed by atoms with Gasteiger partial charge < -0.3 is 14.5 Å². The molecule has 1 unspecified atom stereocenters. The van der Waals surface area contributed by atoms with E-state index < -0.39 is 22.9 Å². The third kappa shape index (κ3) is 4.97. The number of halogens is 1. The molecule has 2 aromatic heterocycles. The highest BCUT2D eigenvalue weighted by Gasteiger charge is 2.32. The van der Waals surface area contributed by atoms with Gasteiger partial charge in [-0.15, -0.1) is 0 Å². The molecule has 1 saturated heterocycles. The Morgan fingerprint density at radius 2 is 2.03 bits per heavy atom. The summed E-state index contributed by atoms with van der Waals surface area (Å²) in [7, 11) is 0. The number of nitrogens with zero attached hydrogens (tertiary/aromatic N) is 3. The van der Waals surface area contributed by atoms with Gasteiger partial charge in [0.05, 0.1) is 24.8 Å². The predicted octanol–water partition coefficient (Wildman–Crippen LogP) is 2.79. The quantitative estimate of drug-likeness (QED) is 0.332. The van der Waals surface area contributed by atoms with E-state index in [0.29, 0.717) is 22.6 Å². The van der Waals surface area contributed by atoms with Crippen LogP contribution in [0.1, 0.15) is 12.7 Å². The van der Waals surface area contributed by atoms with Crippen LogP contribution >= 0.6 is 0 Å². The van der Waals surface area contributed by atoms with Crippen LogP contribution < -0.4 is 14.8 Å². The molecule has 170 valence electrons. The van der Waals surface area contributed by atoms with Gasteiger partial charge in [-0.2, -0.15) is 4.57 Å². The van der Waals surface area contributed by atoms with Crippen molar-refractivity contribution in [1.29, 1.82) is 0 Å². The number of pyridine rings is 1. The summed E-state index contributed by atoms with van der Waals surface area (Å²) in [6.07, 6.45) is 2.31.